The lowest BCUT2D eigenvalue weighted by atomic mass is 9.82. The minimum Gasteiger partial charge on any atom is -0.381 e. The van der Waals surface area contributed by atoms with Crippen LogP contribution in [0.5, 0.6) is 0 Å². The van der Waals surface area contributed by atoms with Crippen molar-refractivity contribution in [1.82, 2.24) is 5.32 Å². The van der Waals surface area contributed by atoms with Gasteiger partial charge in [-0.1, -0.05) is 27.7 Å². The second kappa shape index (κ2) is 5.13. The quantitative estimate of drug-likeness (QED) is 0.750. The van der Waals surface area contributed by atoms with Gasteiger partial charge in [-0.3, -0.25) is 0 Å². The summed E-state index contributed by atoms with van der Waals surface area (Å²) < 4.78 is 5.34. The monoisotopic (exact) mass is 199 g/mol. The molecule has 2 nitrogen and oxygen atoms in total. The second-order valence-electron chi connectivity index (χ2n) is 5.65. The van der Waals surface area contributed by atoms with Crippen LogP contribution in [0.25, 0.3) is 0 Å². The smallest absolute Gasteiger partial charge is 0.0507 e. The second-order valence-corrected chi connectivity index (χ2v) is 5.65. The zero-order valence-corrected chi connectivity index (χ0v) is 10.1. The number of hydrogen-bond acceptors (Lipinski definition) is 2. The van der Waals surface area contributed by atoms with Crippen molar-refractivity contribution >= 4 is 0 Å². The SMILES string of the molecule is CC(CNCC1CCOC1)C(C)(C)C. The van der Waals surface area contributed by atoms with Crippen LogP contribution in [0.3, 0.4) is 0 Å². The Morgan fingerprint density at radius 3 is 2.64 bits per heavy atom. The van der Waals surface area contributed by atoms with E-state index in [0.29, 0.717) is 5.41 Å². The van der Waals surface area contributed by atoms with Crippen LogP contribution in [0.1, 0.15) is 34.1 Å². The topological polar surface area (TPSA) is 21.3 Å². The molecule has 1 aliphatic rings. The number of ether oxygens (including phenoxy) is 1. The Morgan fingerprint density at radius 2 is 2.14 bits per heavy atom. The number of rotatable bonds is 4. The summed E-state index contributed by atoms with van der Waals surface area (Å²) in [7, 11) is 0. The van der Waals surface area contributed by atoms with Crippen LogP contribution in [-0.2, 0) is 4.74 Å². The molecule has 2 unspecified atom stereocenters. The molecule has 1 heterocycles. The van der Waals surface area contributed by atoms with Crippen molar-refractivity contribution in [3.05, 3.63) is 0 Å². The molecule has 1 rings (SSSR count). The Hall–Kier alpha value is -0.0800. The third kappa shape index (κ3) is 3.97. The predicted molar refractivity (Wildman–Crippen MR) is 60.4 cm³/mol. The summed E-state index contributed by atoms with van der Waals surface area (Å²) in [6.45, 7) is 13.4. The van der Waals surface area contributed by atoms with Crippen molar-refractivity contribution in [2.45, 2.75) is 34.1 Å². The highest BCUT2D eigenvalue weighted by atomic mass is 16.5. The molecular weight excluding hydrogens is 174 g/mol. The third-order valence-corrected chi connectivity index (χ3v) is 3.39. The van der Waals surface area contributed by atoms with E-state index in [1.54, 1.807) is 0 Å². The lowest BCUT2D eigenvalue weighted by Crippen LogP contribution is -2.32. The molecular formula is C12H25NO. The van der Waals surface area contributed by atoms with Gasteiger partial charge in [-0.15, -0.1) is 0 Å². The first-order chi connectivity index (χ1) is 6.50. The molecule has 0 radical (unpaired) electrons. The molecule has 0 aromatic carbocycles. The minimum absolute atomic E-state index is 0.416. The normalized spacial score (nSPS) is 25.3. The lowest BCUT2D eigenvalue weighted by Gasteiger charge is -2.27. The van der Waals surface area contributed by atoms with Gasteiger partial charge >= 0.3 is 0 Å². The standard InChI is InChI=1S/C12H25NO/c1-10(12(2,3)4)7-13-8-11-5-6-14-9-11/h10-11,13H,5-9H2,1-4H3. The highest BCUT2D eigenvalue weighted by Gasteiger charge is 2.20. The fourth-order valence-electron chi connectivity index (χ4n) is 1.55. The van der Waals surface area contributed by atoms with E-state index in [0.717, 1.165) is 38.1 Å². The summed E-state index contributed by atoms with van der Waals surface area (Å²) in [5.74, 6) is 1.48. The molecule has 1 N–H and O–H groups in total. The Balaban J connectivity index is 2.08. The molecule has 1 saturated heterocycles. The third-order valence-electron chi connectivity index (χ3n) is 3.39. The fourth-order valence-corrected chi connectivity index (χ4v) is 1.55. The summed E-state index contributed by atoms with van der Waals surface area (Å²) in [6, 6.07) is 0. The minimum atomic E-state index is 0.416. The van der Waals surface area contributed by atoms with Crippen LogP contribution < -0.4 is 5.32 Å². The zero-order valence-electron chi connectivity index (χ0n) is 10.1. The Bertz CT molecular complexity index is 156. The van der Waals surface area contributed by atoms with E-state index in [9.17, 15) is 0 Å². The van der Waals surface area contributed by atoms with E-state index in [-0.39, 0.29) is 0 Å². The van der Waals surface area contributed by atoms with Crippen molar-refractivity contribution in [2.24, 2.45) is 17.3 Å². The first-order valence-corrected chi connectivity index (χ1v) is 5.78. The van der Waals surface area contributed by atoms with Gasteiger partial charge in [-0.05, 0) is 30.2 Å². The summed E-state index contributed by atoms with van der Waals surface area (Å²) in [5.41, 5.74) is 0.416. The maximum atomic E-state index is 5.34. The number of nitrogens with one attached hydrogen (secondary N) is 1. The van der Waals surface area contributed by atoms with Crippen molar-refractivity contribution in [3.63, 3.8) is 0 Å². The van der Waals surface area contributed by atoms with Gasteiger partial charge in [0.25, 0.3) is 0 Å². The van der Waals surface area contributed by atoms with Crippen LogP contribution in [0.2, 0.25) is 0 Å². The van der Waals surface area contributed by atoms with E-state index in [2.05, 4.69) is 33.0 Å². The molecule has 0 amide bonds. The maximum absolute atomic E-state index is 5.34. The maximum Gasteiger partial charge on any atom is 0.0507 e. The Kier molecular flexibility index (Phi) is 4.39. The van der Waals surface area contributed by atoms with Crippen molar-refractivity contribution in [2.75, 3.05) is 26.3 Å². The molecule has 0 bridgehead atoms. The van der Waals surface area contributed by atoms with Gasteiger partial charge in [0.15, 0.2) is 0 Å². The van der Waals surface area contributed by atoms with Gasteiger partial charge in [0.2, 0.25) is 0 Å². The van der Waals surface area contributed by atoms with Crippen molar-refractivity contribution in [1.29, 1.82) is 0 Å². The lowest BCUT2D eigenvalue weighted by molar-refractivity contribution is 0.183. The van der Waals surface area contributed by atoms with Crippen molar-refractivity contribution < 1.29 is 4.74 Å². The van der Waals surface area contributed by atoms with E-state index < -0.39 is 0 Å². The van der Waals surface area contributed by atoms with Gasteiger partial charge < -0.3 is 10.1 Å². The largest absolute Gasteiger partial charge is 0.381 e. The summed E-state index contributed by atoms with van der Waals surface area (Å²) in [5, 5.41) is 3.55. The van der Waals surface area contributed by atoms with E-state index >= 15 is 0 Å². The van der Waals surface area contributed by atoms with Crippen LogP contribution >= 0.6 is 0 Å². The molecule has 0 aliphatic carbocycles. The highest BCUT2D eigenvalue weighted by Crippen LogP contribution is 2.24. The van der Waals surface area contributed by atoms with E-state index in [4.69, 9.17) is 4.74 Å². The van der Waals surface area contributed by atoms with Gasteiger partial charge in [-0.25, -0.2) is 0 Å². The average Bonchev–Trinajstić information content (AvgIpc) is 2.55. The molecule has 1 aliphatic heterocycles. The first-order valence-electron chi connectivity index (χ1n) is 5.78. The molecule has 1 fully saturated rings. The molecule has 0 aromatic heterocycles. The van der Waals surface area contributed by atoms with Gasteiger partial charge in [0, 0.05) is 13.2 Å². The zero-order chi connectivity index (χ0) is 10.6. The van der Waals surface area contributed by atoms with Gasteiger partial charge in [-0.2, -0.15) is 0 Å². The van der Waals surface area contributed by atoms with Gasteiger partial charge in [0.05, 0.1) is 6.61 Å². The molecule has 0 saturated carbocycles. The molecule has 84 valence electrons. The Morgan fingerprint density at radius 1 is 1.43 bits per heavy atom. The average molecular weight is 199 g/mol. The van der Waals surface area contributed by atoms with Crippen LogP contribution in [-0.4, -0.2) is 26.3 Å². The molecule has 0 aromatic rings. The van der Waals surface area contributed by atoms with Crippen LogP contribution in [0, 0.1) is 17.3 Å². The number of hydrogen-bond donors (Lipinski definition) is 1. The van der Waals surface area contributed by atoms with Gasteiger partial charge in [0.1, 0.15) is 0 Å². The molecule has 2 heteroatoms. The van der Waals surface area contributed by atoms with E-state index in [1.165, 1.54) is 6.42 Å². The first kappa shape index (κ1) is 12.0. The summed E-state index contributed by atoms with van der Waals surface area (Å²) in [4.78, 5) is 0. The van der Waals surface area contributed by atoms with Crippen LogP contribution in [0.4, 0.5) is 0 Å². The summed E-state index contributed by atoms with van der Waals surface area (Å²) >= 11 is 0. The van der Waals surface area contributed by atoms with Crippen molar-refractivity contribution in [3.8, 4) is 0 Å². The molecule has 14 heavy (non-hydrogen) atoms. The summed E-state index contributed by atoms with van der Waals surface area (Å²) in [6.07, 6.45) is 1.23. The Labute approximate surface area is 88.4 Å². The fraction of sp³-hybridized carbons (Fsp3) is 1.00. The van der Waals surface area contributed by atoms with Crippen LogP contribution in [0.15, 0.2) is 0 Å². The predicted octanol–water partition coefficient (Wildman–Crippen LogP) is 2.29. The molecule has 2 atom stereocenters. The highest BCUT2D eigenvalue weighted by molar-refractivity contribution is 4.73. The van der Waals surface area contributed by atoms with E-state index in [1.807, 2.05) is 0 Å². The molecule has 0 spiro atoms.